The van der Waals surface area contributed by atoms with Gasteiger partial charge >= 0.3 is 0 Å². The van der Waals surface area contributed by atoms with E-state index in [4.69, 9.17) is 27.3 Å². The number of carbonyl (C=O) groups is 2. The van der Waals surface area contributed by atoms with Gasteiger partial charge in [0, 0.05) is 26.3 Å². The van der Waals surface area contributed by atoms with Gasteiger partial charge in [-0.1, -0.05) is 38.7 Å². The molecular formula is C25H34O6. The highest BCUT2D eigenvalue weighted by atomic mass is 16.7. The van der Waals surface area contributed by atoms with Gasteiger partial charge < -0.3 is 19.7 Å². The van der Waals surface area contributed by atoms with Crippen LogP contribution in [0.5, 0.6) is 0 Å². The summed E-state index contributed by atoms with van der Waals surface area (Å²) in [6, 6.07) is -1.48. The Morgan fingerprint density at radius 2 is 2.29 bits per heavy atom. The topological polar surface area (TPSA) is 93.1 Å². The van der Waals surface area contributed by atoms with Crippen molar-refractivity contribution < 1.29 is 47.1 Å². The summed E-state index contributed by atoms with van der Waals surface area (Å²) in [6.07, 6.45) is -14.5. The molecular weight excluding hydrogens is 396 g/mol. The molecule has 0 aromatic rings. The quantitative estimate of drug-likeness (QED) is 0.694. The summed E-state index contributed by atoms with van der Waals surface area (Å²) in [4.78, 5) is 26.4. The highest BCUT2D eigenvalue weighted by molar-refractivity contribution is 6.01. The van der Waals surface area contributed by atoms with Crippen molar-refractivity contribution in [2.24, 2.45) is 28.6 Å². The van der Waals surface area contributed by atoms with Crippen molar-refractivity contribution >= 4 is 11.6 Å². The number of allylic oxidation sites excluding steroid dienone is 4. The maximum atomic E-state index is 13.9. The van der Waals surface area contributed by atoms with E-state index in [1.807, 2.05) is 0 Å². The van der Waals surface area contributed by atoms with E-state index < -0.39 is 109 Å². The molecule has 1 heterocycles. The second kappa shape index (κ2) is 7.08. The number of aliphatic hydroxyl groups is 2. The zero-order valence-corrected chi connectivity index (χ0v) is 17.2. The van der Waals surface area contributed by atoms with E-state index in [9.17, 15) is 19.8 Å². The molecule has 170 valence electrons. The first-order valence-electron chi connectivity index (χ1n) is 16.9. The second-order valence-electron chi connectivity index (χ2n) is 9.57. The zero-order valence-electron chi connectivity index (χ0n) is 30.2. The van der Waals surface area contributed by atoms with E-state index in [0.717, 1.165) is 0 Å². The van der Waals surface area contributed by atoms with E-state index >= 15 is 0 Å². The summed E-state index contributed by atoms with van der Waals surface area (Å²) in [5, 5.41) is 22.1. The number of aliphatic hydroxyl groups excluding tert-OH is 1. The Labute approximate surface area is 201 Å². The predicted molar refractivity (Wildman–Crippen MR) is 113 cm³/mol. The van der Waals surface area contributed by atoms with Crippen molar-refractivity contribution in [3.8, 4) is 0 Å². The fourth-order valence-corrected chi connectivity index (χ4v) is 7.27. The summed E-state index contributed by atoms with van der Waals surface area (Å²) < 4.78 is 117. The lowest BCUT2D eigenvalue weighted by Gasteiger charge is -2.59. The van der Waals surface area contributed by atoms with Crippen molar-refractivity contribution in [2.45, 2.75) is 83.2 Å². The average molecular weight is 444 g/mol. The molecule has 0 spiro atoms. The number of hydrogen-bond donors (Lipinski definition) is 2. The van der Waals surface area contributed by atoms with Crippen molar-refractivity contribution in [1.82, 2.24) is 0 Å². The molecule has 1 saturated heterocycles. The molecule has 31 heavy (non-hydrogen) atoms. The summed E-state index contributed by atoms with van der Waals surface area (Å²) in [7, 11) is 0. The van der Waals surface area contributed by atoms with Gasteiger partial charge in [-0.15, -0.1) is 0 Å². The van der Waals surface area contributed by atoms with Crippen molar-refractivity contribution in [3.63, 3.8) is 0 Å². The summed E-state index contributed by atoms with van der Waals surface area (Å²) in [5.41, 5.74) is -5.53. The largest absolute Gasteiger partial charge is 0.393 e. The van der Waals surface area contributed by atoms with Gasteiger partial charge in [-0.25, -0.2) is 0 Å². The van der Waals surface area contributed by atoms with Crippen LogP contribution in [0, 0.1) is 28.6 Å². The van der Waals surface area contributed by atoms with Crippen LogP contribution in [0.1, 0.15) is 76.9 Å². The fourth-order valence-electron chi connectivity index (χ4n) is 7.27. The Hall–Kier alpha value is -1.34. The number of fused-ring (bicyclic) bond motifs is 7. The number of Topliss-reactive ketones (excluding diaryl/α,β-unsaturated/α-hetero) is 1. The standard InChI is InChI=1S/C25H34O6/c1-4-5-21-30-20-11-17-16-7-6-14-10-15(27)8-9-23(14,2)22(16)18(28)12-24(17,3)25(20,31-21)19(29)13-26/h8-10,16-18,20-22,26,28H,4-7,11-13H2,1-3H3/t16-,17-,18-,20+,21?,22+,23-,24-,25+/m0/s1/i1D3,4D2,5D2,8D,9D,10D,13D2,21D. The van der Waals surface area contributed by atoms with Gasteiger partial charge in [0.25, 0.3) is 0 Å². The molecule has 0 aromatic carbocycles. The Kier molecular flexibility index (Phi) is 2.55. The Bertz CT molecular complexity index is 1390. The first-order chi connectivity index (χ1) is 19.7. The van der Waals surface area contributed by atoms with Gasteiger partial charge in [-0.05, 0) is 56.0 Å². The highest BCUT2D eigenvalue weighted by Gasteiger charge is 2.75. The van der Waals surface area contributed by atoms with Crippen LogP contribution in [0.2, 0.25) is 0 Å². The lowest BCUT2D eigenvalue weighted by molar-refractivity contribution is -0.200. The average Bonchev–Trinajstić information content (AvgIpc) is 3.32. The first kappa shape index (κ1) is 11.2. The van der Waals surface area contributed by atoms with Crippen molar-refractivity contribution in [3.05, 3.63) is 23.7 Å². The third-order valence-electron chi connectivity index (χ3n) is 8.44. The normalized spacial score (nSPS) is 61.6. The smallest absolute Gasteiger partial charge is 0.193 e. The number of ether oxygens (including phenoxy) is 2. The third-order valence-corrected chi connectivity index (χ3v) is 8.44. The van der Waals surface area contributed by atoms with E-state index in [0.29, 0.717) is 5.57 Å². The van der Waals surface area contributed by atoms with Gasteiger partial charge in [-0.2, -0.15) is 0 Å². The predicted octanol–water partition coefficient (Wildman–Crippen LogP) is 2.72. The first-order valence-corrected chi connectivity index (χ1v) is 10.4. The molecule has 0 radical (unpaired) electrons. The number of rotatable bonds is 4. The van der Waals surface area contributed by atoms with Crippen LogP contribution in [0.4, 0.5) is 0 Å². The molecule has 5 rings (SSSR count). The van der Waals surface area contributed by atoms with Crippen molar-refractivity contribution in [2.75, 3.05) is 6.56 Å². The lowest BCUT2D eigenvalue weighted by atomic mass is 9.46. The second-order valence-corrected chi connectivity index (χ2v) is 9.57. The molecule has 6 heteroatoms. The van der Waals surface area contributed by atoms with Crippen LogP contribution in [-0.2, 0) is 19.1 Å². The van der Waals surface area contributed by atoms with Gasteiger partial charge in [0.05, 0.1) is 20.4 Å². The molecule has 9 atom stereocenters. The molecule has 2 N–H and O–H groups in total. The molecule has 6 nitrogen and oxygen atoms in total. The summed E-state index contributed by atoms with van der Waals surface area (Å²) in [5.74, 6) is -4.79. The van der Waals surface area contributed by atoms with Gasteiger partial charge in [0.15, 0.2) is 23.4 Å². The van der Waals surface area contributed by atoms with Crippen LogP contribution >= 0.6 is 0 Å². The Morgan fingerprint density at radius 1 is 1.48 bits per heavy atom. The van der Waals surface area contributed by atoms with Gasteiger partial charge in [0.2, 0.25) is 0 Å². The number of hydrogen-bond acceptors (Lipinski definition) is 6. The van der Waals surface area contributed by atoms with Gasteiger partial charge in [0.1, 0.15) is 6.56 Å². The molecule has 3 saturated carbocycles. The molecule has 5 aliphatic rings. The maximum absolute atomic E-state index is 13.9. The minimum Gasteiger partial charge on any atom is -0.393 e. The van der Waals surface area contributed by atoms with E-state index in [1.165, 1.54) is 6.92 Å². The minimum atomic E-state index is -3.78. The van der Waals surface area contributed by atoms with E-state index in [2.05, 4.69) is 0 Å². The molecule has 4 aliphatic carbocycles. The van der Waals surface area contributed by atoms with Crippen LogP contribution in [0.3, 0.4) is 0 Å². The fraction of sp³-hybridized carbons (Fsp3) is 0.760. The van der Waals surface area contributed by atoms with Crippen LogP contribution in [0.15, 0.2) is 23.7 Å². The minimum absolute atomic E-state index is 0.120. The molecule has 1 unspecified atom stereocenters. The summed E-state index contributed by atoms with van der Waals surface area (Å²) in [6.45, 7) is -4.28. The van der Waals surface area contributed by atoms with E-state index in [1.54, 1.807) is 6.92 Å². The van der Waals surface area contributed by atoms with Crippen LogP contribution in [0.25, 0.3) is 0 Å². The third kappa shape index (κ3) is 2.65. The van der Waals surface area contributed by atoms with Crippen LogP contribution < -0.4 is 0 Å². The van der Waals surface area contributed by atoms with Gasteiger partial charge in [-0.3, -0.25) is 9.59 Å². The van der Waals surface area contributed by atoms with E-state index in [-0.39, 0.29) is 25.3 Å². The monoisotopic (exact) mass is 443 g/mol. The SMILES string of the molecule is [2H]C1=C([2H])[C@@]2(C)C(=C([2H])C1=O)CC[C@@H]1[C@@H]2[C@@H](O)C[C@@]2(C)[C@H]1C[C@H]1OC([2H])(C([2H])([2H])C([2H])([2H])C([2H])([2H])[2H])O[C@]12C(=O)C([2H])([2H])O. The number of ketones is 2. The maximum Gasteiger partial charge on any atom is 0.193 e. The Morgan fingerprint density at radius 3 is 3.03 bits per heavy atom. The molecule has 4 fully saturated rings. The Balaban J connectivity index is 1.66. The molecule has 1 aliphatic heterocycles. The molecule has 0 amide bonds. The zero-order chi connectivity index (χ0) is 33.6. The molecule has 0 aromatic heterocycles. The number of carbonyl (C=O) groups excluding carboxylic acids is 2. The summed E-state index contributed by atoms with van der Waals surface area (Å²) >= 11 is 0. The van der Waals surface area contributed by atoms with Crippen LogP contribution in [-0.4, -0.2) is 52.4 Å². The van der Waals surface area contributed by atoms with Crippen molar-refractivity contribution in [1.29, 1.82) is 0 Å². The lowest BCUT2D eigenvalue weighted by Crippen LogP contribution is -2.63. The highest BCUT2D eigenvalue weighted by Crippen LogP contribution is 2.69. The molecule has 0 bridgehead atoms.